The van der Waals surface area contributed by atoms with Gasteiger partial charge < -0.3 is 9.15 Å². The Kier molecular flexibility index (Phi) is 7.01. The van der Waals surface area contributed by atoms with Gasteiger partial charge in [-0.05, 0) is 104 Å². The van der Waals surface area contributed by atoms with Crippen LogP contribution in [0.15, 0.2) is 77.2 Å². The molecule has 1 aliphatic rings. The third-order valence-corrected chi connectivity index (χ3v) is 8.34. The van der Waals surface area contributed by atoms with E-state index in [1.165, 1.54) is 12.1 Å². The summed E-state index contributed by atoms with van der Waals surface area (Å²) < 4.78 is 25.4. The van der Waals surface area contributed by atoms with Gasteiger partial charge in [0.2, 0.25) is 0 Å². The van der Waals surface area contributed by atoms with Crippen molar-refractivity contribution in [3.63, 3.8) is 0 Å². The highest BCUT2D eigenvalue weighted by Gasteiger charge is 2.47. The quantitative estimate of drug-likeness (QED) is 0.168. The molecule has 5 aromatic rings. The van der Waals surface area contributed by atoms with E-state index in [0.717, 1.165) is 40.9 Å². The van der Waals surface area contributed by atoms with Crippen molar-refractivity contribution in [2.75, 3.05) is 7.11 Å². The van der Waals surface area contributed by atoms with Crippen molar-refractivity contribution < 1.29 is 23.1 Å². The molecule has 2 aromatic heterocycles. The SMILES string of the molecule is CCC(=O)c1c(-c2ccc(F)cc2)oc2ccc(-c3cc(C(=O)CC4(c5cccc(C)n5)CC4)c(OC)cc3C)cc12. The minimum atomic E-state index is -0.358. The molecule has 0 spiro atoms. The van der Waals surface area contributed by atoms with Crippen LogP contribution in [0.4, 0.5) is 4.39 Å². The normalized spacial score (nSPS) is 13.7. The number of ketones is 2. The Balaban J connectivity index is 1.42. The van der Waals surface area contributed by atoms with E-state index < -0.39 is 0 Å². The van der Waals surface area contributed by atoms with Gasteiger partial charge in [0.1, 0.15) is 22.9 Å². The smallest absolute Gasteiger partial charge is 0.167 e. The number of methoxy groups -OCH3 is 1. The molecule has 3 aromatic carbocycles. The van der Waals surface area contributed by atoms with Gasteiger partial charge in [-0.25, -0.2) is 4.39 Å². The fourth-order valence-electron chi connectivity index (χ4n) is 5.82. The number of nitrogens with zero attached hydrogens (tertiary/aromatic N) is 1. The van der Waals surface area contributed by atoms with Gasteiger partial charge in [-0.2, -0.15) is 0 Å². The predicted molar refractivity (Wildman–Crippen MR) is 162 cm³/mol. The lowest BCUT2D eigenvalue weighted by Crippen LogP contribution is -2.16. The van der Waals surface area contributed by atoms with E-state index >= 15 is 0 Å². The zero-order valence-electron chi connectivity index (χ0n) is 24.2. The van der Waals surface area contributed by atoms with E-state index in [9.17, 15) is 14.0 Å². The molecule has 42 heavy (non-hydrogen) atoms. The first-order valence-corrected chi connectivity index (χ1v) is 14.2. The second-order valence-corrected chi connectivity index (χ2v) is 11.2. The number of Topliss-reactive ketones (excluding diaryl/α,β-unsaturated/α-hetero) is 2. The van der Waals surface area contributed by atoms with Crippen molar-refractivity contribution in [1.29, 1.82) is 0 Å². The molecule has 0 saturated heterocycles. The lowest BCUT2D eigenvalue weighted by atomic mass is 9.89. The molecule has 0 unspecified atom stereocenters. The highest BCUT2D eigenvalue weighted by atomic mass is 19.1. The van der Waals surface area contributed by atoms with Crippen molar-refractivity contribution in [3.8, 4) is 28.2 Å². The highest BCUT2D eigenvalue weighted by molar-refractivity contribution is 6.13. The molecule has 6 rings (SSSR count). The summed E-state index contributed by atoms with van der Waals surface area (Å²) in [7, 11) is 1.58. The largest absolute Gasteiger partial charge is 0.496 e. The number of aromatic nitrogens is 1. The van der Waals surface area contributed by atoms with E-state index in [-0.39, 0.29) is 22.8 Å². The van der Waals surface area contributed by atoms with Gasteiger partial charge in [0.05, 0.1) is 18.2 Å². The van der Waals surface area contributed by atoms with Crippen LogP contribution in [0.5, 0.6) is 5.75 Å². The number of carbonyl (C=O) groups is 2. The first kappa shape index (κ1) is 27.6. The van der Waals surface area contributed by atoms with Crippen LogP contribution in [-0.4, -0.2) is 23.7 Å². The molecule has 6 heteroatoms. The van der Waals surface area contributed by atoms with Gasteiger partial charge >= 0.3 is 0 Å². The maximum Gasteiger partial charge on any atom is 0.167 e. The molecule has 0 bridgehead atoms. The number of ether oxygens (including phenoxy) is 1. The number of carbonyl (C=O) groups excluding carboxylic acids is 2. The summed E-state index contributed by atoms with van der Waals surface area (Å²) in [5.74, 6) is 0.560. The average molecular weight is 562 g/mol. The molecule has 5 nitrogen and oxygen atoms in total. The van der Waals surface area contributed by atoms with Crippen LogP contribution < -0.4 is 4.74 Å². The summed E-state index contributed by atoms with van der Waals surface area (Å²) in [6, 6.07) is 21.4. The lowest BCUT2D eigenvalue weighted by molar-refractivity contribution is 0.0963. The third-order valence-electron chi connectivity index (χ3n) is 8.34. The second-order valence-electron chi connectivity index (χ2n) is 11.2. The molecule has 0 aliphatic heterocycles. The number of hydrogen-bond acceptors (Lipinski definition) is 5. The minimum Gasteiger partial charge on any atom is -0.496 e. The van der Waals surface area contributed by atoms with E-state index in [2.05, 4.69) is 0 Å². The van der Waals surface area contributed by atoms with E-state index in [1.807, 2.05) is 69.3 Å². The number of halogens is 1. The molecule has 0 N–H and O–H groups in total. The van der Waals surface area contributed by atoms with Gasteiger partial charge in [-0.3, -0.25) is 14.6 Å². The van der Waals surface area contributed by atoms with E-state index in [0.29, 0.717) is 52.0 Å². The van der Waals surface area contributed by atoms with E-state index in [4.69, 9.17) is 14.1 Å². The predicted octanol–water partition coefficient (Wildman–Crippen LogP) is 8.82. The minimum absolute atomic E-state index is 0.0127. The summed E-state index contributed by atoms with van der Waals surface area (Å²) in [6.07, 6.45) is 2.51. The standard InChI is InChI=1S/C36H32FNO4/c1-5-29(39)34-28-18-24(11-14-31(28)42-35(34)23-9-12-25(37)13-10-23)26-19-27(32(41-4)17-21(26)2)30(40)20-36(15-16-36)33-8-6-7-22(3)38-33/h6-14,17-19H,5,15-16,20H2,1-4H3. The second kappa shape index (κ2) is 10.7. The summed E-state index contributed by atoms with van der Waals surface area (Å²) in [6.45, 7) is 5.76. The average Bonchev–Trinajstić information content (AvgIpc) is 3.68. The Bertz CT molecular complexity index is 1850. The Morgan fingerprint density at radius 3 is 2.36 bits per heavy atom. The fraction of sp³-hybridized carbons (Fsp3) is 0.250. The van der Waals surface area contributed by atoms with Crippen molar-refractivity contribution in [3.05, 3.63) is 107 Å². The summed E-state index contributed by atoms with van der Waals surface area (Å²) >= 11 is 0. The monoisotopic (exact) mass is 561 g/mol. The van der Waals surface area contributed by atoms with Crippen LogP contribution in [0.3, 0.4) is 0 Å². The van der Waals surface area contributed by atoms with Crippen molar-refractivity contribution in [1.82, 2.24) is 4.98 Å². The zero-order valence-corrected chi connectivity index (χ0v) is 24.2. The van der Waals surface area contributed by atoms with Crippen LogP contribution in [0.2, 0.25) is 0 Å². The number of fused-ring (bicyclic) bond motifs is 1. The maximum atomic E-state index is 13.8. The molecule has 0 atom stereocenters. The van der Waals surface area contributed by atoms with Gasteiger partial charge in [0.15, 0.2) is 11.6 Å². The fourth-order valence-corrected chi connectivity index (χ4v) is 5.82. The third kappa shape index (κ3) is 4.91. The zero-order chi connectivity index (χ0) is 29.6. The Morgan fingerprint density at radius 1 is 0.952 bits per heavy atom. The molecule has 2 heterocycles. The van der Waals surface area contributed by atoms with Crippen LogP contribution in [0.1, 0.15) is 70.3 Å². The highest BCUT2D eigenvalue weighted by Crippen LogP contribution is 2.51. The first-order chi connectivity index (χ1) is 20.2. The van der Waals surface area contributed by atoms with Crippen LogP contribution in [0.25, 0.3) is 33.4 Å². The first-order valence-electron chi connectivity index (χ1n) is 14.2. The Morgan fingerprint density at radius 2 is 1.69 bits per heavy atom. The molecule has 1 fully saturated rings. The van der Waals surface area contributed by atoms with Gasteiger partial charge in [-0.15, -0.1) is 0 Å². The van der Waals surface area contributed by atoms with Gasteiger partial charge in [-0.1, -0.05) is 19.1 Å². The van der Waals surface area contributed by atoms with Gasteiger partial charge in [0, 0.05) is 40.6 Å². The molecule has 1 aliphatic carbocycles. The maximum absolute atomic E-state index is 13.8. The molecule has 0 amide bonds. The number of benzene rings is 3. The Hall–Kier alpha value is -4.58. The number of hydrogen-bond donors (Lipinski definition) is 0. The molecule has 0 radical (unpaired) electrons. The molecule has 1 saturated carbocycles. The number of aryl methyl sites for hydroxylation is 2. The van der Waals surface area contributed by atoms with Crippen LogP contribution in [0, 0.1) is 19.7 Å². The van der Waals surface area contributed by atoms with Crippen LogP contribution >= 0.6 is 0 Å². The van der Waals surface area contributed by atoms with Gasteiger partial charge in [0.25, 0.3) is 0 Å². The van der Waals surface area contributed by atoms with Crippen molar-refractivity contribution in [2.24, 2.45) is 0 Å². The molecular weight excluding hydrogens is 529 g/mol. The van der Waals surface area contributed by atoms with E-state index in [1.54, 1.807) is 19.2 Å². The number of rotatable bonds is 9. The number of pyridine rings is 1. The topological polar surface area (TPSA) is 69.4 Å². The summed E-state index contributed by atoms with van der Waals surface area (Å²) in [5, 5.41) is 0.684. The van der Waals surface area contributed by atoms with Crippen molar-refractivity contribution >= 4 is 22.5 Å². The summed E-state index contributed by atoms with van der Waals surface area (Å²) in [4.78, 5) is 31.7. The summed E-state index contributed by atoms with van der Waals surface area (Å²) in [5.41, 5.74) is 6.56. The van der Waals surface area contributed by atoms with Crippen molar-refractivity contribution in [2.45, 2.75) is 51.9 Å². The number of furan rings is 1. The molecular formula is C36H32FNO4. The Labute approximate surface area is 244 Å². The lowest BCUT2D eigenvalue weighted by Gasteiger charge is -2.17. The van der Waals surface area contributed by atoms with Crippen LogP contribution in [-0.2, 0) is 5.41 Å². The molecule has 212 valence electrons.